The molecule has 7 nitrogen and oxygen atoms in total. The zero-order chi connectivity index (χ0) is 21.4. The van der Waals surface area contributed by atoms with Crippen molar-refractivity contribution in [3.05, 3.63) is 51.1 Å². The number of piperidine rings is 1. The fraction of sp³-hybridized carbons (Fsp3) is 0.583. The molecule has 1 saturated heterocycles. The van der Waals surface area contributed by atoms with Gasteiger partial charge in [0.2, 0.25) is 5.82 Å². The predicted molar refractivity (Wildman–Crippen MR) is 120 cm³/mol. The fourth-order valence-electron chi connectivity index (χ4n) is 5.52. The van der Waals surface area contributed by atoms with Crippen LogP contribution in [0.2, 0.25) is 0 Å². The average molecular weight is 422 g/mol. The van der Waals surface area contributed by atoms with Crippen molar-refractivity contribution >= 4 is 10.9 Å². The van der Waals surface area contributed by atoms with Gasteiger partial charge in [0, 0.05) is 5.52 Å². The second-order valence-corrected chi connectivity index (χ2v) is 9.50. The van der Waals surface area contributed by atoms with E-state index in [0.717, 1.165) is 48.2 Å². The van der Waals surface area contributed by atoms with Crippen LogP contribution in [0.5, 0.6) is 0 Å². The monoisotopic (exact) mass is 421 g/mol. The Hall–Kier alpha value is -2.54. The highest BCUT2D eigenvalue weighted by atomic mass is 16.1. The summed E-state index contributed by atoms with van der Waals surface area (Å²) in [4.78, 5) is 17.9. The molecule has 31 heavy (non-hydrogen) atoms. The molecule has 0 bridgehead atoms. The van der Waals surface area contributed by atoms with Gasteiger partial charge in [-0.15, -0.1) is 5.10 Å². The van der Waals surface area contributed by atoms with E-state index < -0.39 is 0 Å². The molecule has 5 rings (SSSR count). The molecule has 7 heteroatoms. The highest BCUT2D eigenvalue weighted by Crippen LogP contribution is 2.30. The van der Waals surface area contributed by atoms with E-state index in [1.165, 1.54) is 54.6 Å². The van der Waals surface area contributed by atoms with Gasteiger partial charge in [0.1, 0.15) is 0 Å². The number of nitrogens with one attached hydrogen (secondary N) is 2. The zero-order valence-corrected chi connectivity index (χ0v) is 18.7. The molecular weight excluding hydrogens is 388 g/mol. The lowest BCUT2D eigenvalue weighted by Crippen LogP contribution is -3.13. The molecule has 3 aromatic rings. The maximum Gasteiger partial charge on any atom is 0.258 e. The van der Waals surface area contributed by atoms with Crippen molar-refractivity contribution in [2.75, 3.05) is 13.1 Å². The summed E-state index contributed by atoms with van der Waals surface area (Å²) in [6.45, 7) is 6.30. The van der Waals surface area contributed by atoms with Crippen LogP contribution in [0.25, 0.3) is 10.9 Å². The van der Waals surface area contributed by atoms with Crippen LogP contribution < -0.4 is 10.5 Å². The summed E-state index contributed by atoms with van der Waals surface area (Å²) in [7, 11) is 0. The SMILES string of the molecule is Cc1cc2cc([C@@H](c3nnnn3C3CCCCC3)[NH+]3CCCCC3)c(=O)[nH]c2cc1C. The summed E-state index contributed by atoms with van der Waals surface area (Å²) in [5, 5.41) is 14.1. The minimum absolute atomic E-state index is 0.0166. The number of likely N-dealkylation sites (tertiary alicyclic amines) is 1. The lowest BCUT2D eigenvalue weighted by molar-refractivity contribution is -0.931. The van der Waals surface area contributed by atoms with Gasteiger partial charge in [0.15, 0.2) is 6.04 Å². The molecule has 2 N–H and O–H groups in total. The Morgan fingerprint density at radius 2 is 1.71 bits per heavy atom. The number of aromatic amines is 1. The Kier molecular flexibility index (Phi) is 5.61. The van der Waals surface area contributed by atoms with Gasteiger partial charge < -0.3 is 9.88 Å². The van der Waals surface area contributed by atoms with Crippen molar-refractivity contribution < 1.29 is 4.90 Å². The quantitative estimate of drug-likeness (QED) is 0.679. The van der Waals surface area contributed by atoms with Crippen LogP contribution in [-0.4, -0.2) is 38.3 Å². The zero-order valence-electron chi connectivity index (χ0n) is 18.7. The molecule has 1 aliphatic carbocycles. The minimum Gasteiger partial charge on any atom is -0.322 e. The molecule has 164 valence electrons. The van der Waals surface area contributed by atoms with Crippen LogP contribution in [0.15, 0.2) is 23.0 Å². The first-order chi connectivity index (χ1) is 15.1. The normalized spacial score (nSPS) is 19.7. The van der Waals surface area contributed by atoms with Crippen LogP contribution in [0, 0.1) is 13.8 Å². The lowest BCUT2D eigenvalue weighted by Gasteiger charge is -2.32. The van der Waals surface area contributed by atoms with E-state index in [9.17, 15) is 4.79 Å². The fourth-order valence-corrected chi connectivity index (χ4v) is 5.52. The van der Waals surface area contributed by atoms with Gasteiger partial charge in [-0.2, -0.15) is 0 Å². The summed E-state index contributed by atoms with van der Waals surface area (Å²) < 4.78 is 2.05. The number of fused-ring (bicyclic) bond motifs is 1. The number of quaternary nitrogens is 1. The minimum atomic E-state index is -0.132. The molecule has 2 fully saturated rings. The van der Waals surface area contributed by atoms with E-state index in [0.29, 0.717) is 6.04 Å². The van der Waals surface area contributed by atoms with E-state index >= 15 is 0 Å². The summed E-state index contributed by atoms with van der Waals surface area (Å²) >= 11 is 0. The highest BCUT2D eigenvalue weighted by molar-refractivity contribution is 5.80. The van der Waals surface area contributed by atoms with Gasteiger partial charge in [-0.1, -0.05) is 19.3 Å². The molecule has 0 unspecified atom stereocenters. The van der Waals surface area contributed by atoms with Crippen molar-refractivity contribution in [3.8, 4) is 0 Å². The number of aryl methyl sites for hydroxylation is 2. The Balaban J connectivity index is 1.64. The summed E-state index contributed by atoms with van der Waals surface area (Å²) in [6.07, 6.45) is 9.59. The Morgan fingerprint density at radius 3 is 2.48 bits per heavy atom. The number of rotatable bonds is 4. The molecule has 0 spiro atoms. The maximum atomic E-state index is 13.3. The number of nitrogens with zero attached hydrogens (tertiary/aromatic N) is 4. The second kappa shape index (κ2) is 8.54. The van der Waals surface area contributed by atoms with Crippen LogP contribution in [0.1, 0.15) is 86.0 Å². The van der Waals surface area contributed by atoms with Crippen molar-refractivity contribution in [1.82, 2.24) is 25.2 Å². The van der Waals surface area contributed by atoms with Crippen LogP contribution in [0.4, 0.5) is 0 Å². The smallest absolute Gasteiger partial charge is 0.258 e. The Labute approximate surface area is 182 Å². The molecule has 0 amide bonds. The molecule has 1 aromatic carbocycles. The van der Waals surface area contributed by atoms with Crippen molar-refractivity contribution in [3.63, 3.8) is 0 Å². The predicted octanol–water partition coefficient (Wildman–Crippen LogP) is 2.79. The highest BCUT2D eigenvalue weighted by Gasteiger charge is 2.36. The third kappa shape index (κ3) is 3.91. The standard InChI is InChI=1S/C24H32N6O/c1-16-13-18-15-20(24(31)25-21(18)14-17(16)2)22(29-11-7-4-8-12-29)23-26-27-28-30(23)19-9-5-3-6-10-19/h13-15,19,22H,3-12H2,1-2H3,(H,25,31)/p+1/t22-/m0/s1. The number of pyridine rings is 1. The third-order valence-corrected chi connectivity index (χ3v) is 7.40. The van der Waals surface area contributed by atoms with Crippen LogP contribution >= 0.6 is 0 Å². The summed E-state index contributed by atoms with van der Waals surface area (Å²) in [6, 6.07) is 6.55. The molecule has 1 atom stereocenters. The number of hydrogen-bond donors (Lipinski definition) is 2. The van der Waals surface area contributed by atoms with Gasteiger partial charge in [-0.25, -0.2) is 4.68 Å². The average Bonchev–Trinajstić information content (AvgIpc) is 3.26. The Bertz CT molecular complexity index is 1120. The molecule has 2 aromatic heterocycles. The number of tetrazole rings is 1. The van der Waals surface area contributed by atoms with E-state index in [-0.39, 0.29) is 11.6 Å². The molecule has 1 saturated carbocycles. The molecule has 0 radical (unpaired) electrons. The van der Waals surface area contributed by atoms with Gasteiger partial charge in [-0.3, -0.25) is 4.79 Å². The first kappa shape index (κ1) is 20.4. The molecule has 3 heterocycles. The van der Waals surface area contributed by atoms with E-state index in [4.69, 9.17) is 0 Å². The maximum absolute atomic E-state index is 13.3. The topological polar surface area (TPSA) is 80.9 Å². The summed E-state index contributed by atoms with van der Waals surface area (Å²) in [5.74, 6) is 0.859. The van der Waals surface area contributed by atoms with Gasteiger partial charge >= 0.3 is 0 Å². The van der Waals surface area contributed by atoms with Crippen molar-refractivity contribution in [2.45, 2.75) is 77.3 Å². The molecule has 1 aliphatic heterocycles. The number of benzene rings is 1. The van der Waals surface area contributed by atoms with Crippen LogP contribution in [-0.2, 0) is 0 Å². The van der Waals surface area contributed by atoms with Crippen LogP contribution in [0.3, 0.4) is 0 Å². The summed E-state index contributed by atoms with van der Waals surface area (Å²) in [5.41, 5.74) is 4.10. The lowest BCUT2D eigenvalue weighted by atomic mass is 9.94. The van der Waals surface area contributed by atoms with Gasteiger partial charge in [0.25, 0.3) is 5.56 Å². The van der Waals surface area contributed by atoms with E-state index in [1.54, 1.807) is 0 Å². The third-order valence-electron chi connectivity index (χ3n) is 7.40. The van der Waals surface area contributed by atoms with E-state index in [1.807, 2.05) is 0 Å². The second-order valence-electron chi connectivity index (χ2n) is 9.50. The first-order valence-corrected chi connectivity index (χ1v) is 11.9. The van der Waals surface area contributed by atoms with Crippen molar-refractivity contribution in [1.29, 1.82) is 0 Å². The number of aromatic nitrogens is 5. The number of hydrogen-bond acceptors (Lipinski definition) is 4. The largest absolute Gasteiger partial charge is 0.322 e. The molecular formula is C24H33N6O+. The van der Waals surface area contributed by atoms with Gasteiger partial charge in [-0.05, 0) is 91.1 Å². The Morgan fingerprint density at radius 1 is 1.00 bits per heavy atom. The number of H-pyrrole nitrogens is 1. The van der Waals surface area contributed by atoms with Crippen molar-refractivity contribution in [2.24, 2.45) is 0 Å². The van der Waals surface area contributed by atoms with E-state index in [2.05, 4.69) is 57.2 Å². The molecule has 2 aliphatic rings. The van der Waals surface area contributed by atoms with Gasteiger partial charge in [0.05, 0.1) is 24.7 Å². The first-order valence-electron chi connectivity index (χ1n) is 11.9.